The molecule has 2 N–H and O–H groups in total. The zero-order valence-corrected chi connectivity index (χ0v) is 11.6. The van der Waals surface area contributed by atoms with Crippen LogP contribution in [0, 0.1) is 6.92 Å². The number of amides is 1. The highest BCUT2D eigenvalue weighted by Gasteiger charge is 2.20. The van der Waals surface area contributed by atoms with Crippen LogP contribution in [0.4, 0.5) is 5.69 Å². The Morgan fingerprint density at radius 3 is 3.00 bits per heavy atom. The number of ether oxygens (including phenoxy) is 1. The van der Waals surface area contributed by atoms with Gasteiger partial charge in [-0.2, -0.15) is 0 Å². The van der Waals surface area contributed by atoms with E-state index in [-0.39, 0.29) is 10.6 Å². The fraction of sp³-hybridized carbons (Fsp3) is 0.538. The second-order valence-electron chi connectivity index (χ2n) is 3.72. The van der Waals surface area contributed by atoms with E-state index in [1.54, 1.807) is 12.3 Å². The van der Waals surface area contributed by atoms with Gasteiger partial charge in [-0.05, 0) is 37.7 Å². The third-order valence-corrected chi connectivity index (χ3v) is 3.42. The molecule has 0 aliphatic carbocycles. The average Bonchev–Trinajstić information content (AvgIpc) is 2.85. The molecule has 106 valence electrons. The molecular weight excluding hydrogens is 264 g/mol. The van der Waals surface area contributed by atoms with E-state index in [1.807, 2.05) is 0 Å². The molecule has 0 saturated heterocycles. The van der Waals surface area contributed by atoms with Crippen LogP contribution >= 0.6 is 11.3 Å². The topological polar surface area (TPSA) is 67.4 Å². The maximum absolute atomic E-state index is 12.3. The molecule has 1 rings (SSSR count). The number of nitrogens with one attached hydrogen (secondary N) is 2. The number of rotatable bonds is 6. The van der Waals surface area contributed by atoms with E-state index in [4.69, 9.17) is 9.60 Å². The van der Waals surface area contributed by atoms with Gasteiger partial charge in [0.15, 0.2) is 0 Å². The van der Waals surface area contributed by atoms with Gasteiger partial charge in [0.05, 0.1) is 18.8 Å². The Balaban J connectivity index is 2.97. The van der Waals surface area contributed by atoms with Crippen molar-refractivity contribution in [2.75, 3.05) is 18.9 Å². The molecule has 0 aromatic carbocycles. The largest absolute Gasteiger partial charge is 0.465 e. The van der Waals surface area contributed by atoms with Gasteiger partial charge < -0.3 is 15.4 Å². The fourth-order valence-corrected chi connectivity index (χ4v) is 2.21. The Kier molecular flexibility index (Phi) is 3.06. The molecule has 1 atom stereocenters. The summed E-state index contributed by atoms with van der Waals surface area (Å²) in [6.07, 6.45) is -3.23. The lowest BCUT2D eigenvalue weighted by molar-refractivity contribution is -0.117. The van der Waals surface area contributed by atoms with Gasteiger partial charge in [0.25, 0.3) is 0 Å². The van der Waals surface area contributed by atoms with Crippen molar-refractivity contribution < 1.29 is 23.9 Å². The minimum atomic E-state index is -3.23. The zero-order valence-electron chi connectivity index (χ0n) is 17.8. The molecular formula is C13H20N2O3S. The Labute approximate surface area is 127 Å². The second kappa shape index (κ2) is 7.25. The van der Waals surface area contributed by atoms with Gasteiger partial charge in [0, 0.05) is 9.60 Å². The van der Waals surface area contributed by atoms with E-state index < -0.39 is 37.6 Å². The molecule has 1 unspecified atom stereocenters. The van der Waals surface area contributed by atoms with E-state index >= 15 is 0 Å². The molecule has 0 aliphatic rings. The predicted molar refractivity (Wildman–Crippen MR) is 76.8 cm³/mol. The summed E-state index contributed by atoms with van der Waals surface area (Å²) in [5, 5.41) is 6.17. The van der Waals surface area contributed by atoms with Crippen molar-refractivity contribution in [3.63, 3.8) is 0 Å². The molecule has 1 aromatic heterocycles. The minimum absolute atomic E-state index is 0.159. The summed E-state index contributed by atoms with van der Waals surface area (Å²) in [5.41, 5.74) is 0.802. The van der Waals surface area contributed by atoms with Crippen molar-refractivity contribution in [1.29, 1.82) is 0 Å². The molecule has 0 fully saturated rings. The first-order valence-electron chi connectivity index (χ1n) is 8.90. The summed E-state index contributed by atoms with van der Waals surface area (Å²) in [6, 6.07) is -1.28. The number of hydrogen-bond acceptors (Lipinski definition) is 5. The number of aryl methyl sites for hydroxylation is 1. The lowest BCUT2D eigenvalue weighted by Crippen LogP contribution is -2.38. The molecule has 6 heteroatoms. The van der Waals surface area contributed by atoms with Crippen LogP contribution < -0.4 is 10.6 Å². The Morgan fingerprint density at radius 1 is 1.63 bits per heavy atom. The smallest absolute Gasteiger partial charge is 0.350 e. The van der Waals surface area contributed by atoms with Gasteiger partial charge in [0.1, 0.15) is 4.88 Å². The fourth-order valence-electron chi connectivity index (χ4n) is 1.28. The molecule has 0 aliphatic heterocycles. The second-order valence-corrected chi connectivity index (χ2v) is 4.60. The van der Waals surface area contributed by atoms with Crippen molar-refractivity contribution >= 4 is 28.9 Å². The van der Waals surface area contributed by atoms with Crippen molar-refractivity contribution in [3.05, 3.63) is 15.8 Å². The van der Waals surface area contributed by atoms with Gasteiger partial charge in [-0.1, -0.05) is 6.85 Å². The van der Waals surface area contributed by atoms with Crippen molar-refractivity contribution in [2.24, 2.45) is 0 Å². The van der Waals surface area contributed by atoms with Gasteiger partial charge >= 0.3 is 5.97 Å². The van der Waals surface area contributed by atoms with Crippen LogP contribution in [0.5, 0.6) is 0 Å². The summed E-state index contributed by atoms with van der Waals surface area (Å²) in [4.78, 5) is 24.2. The van der Waals surface area contributed by atoms with Gasteiger partial charge in [-0.25, -0.2) is 4.79 Å². The van der Waals surface area contributed by atoms with E-state index in [0.29, 0.717) is 5.56 Å². The number of anilines is 1. The third-order valence-electron chi connectivity index (χ3n) is 2.34. The zero-order chi connectivity index (χ0) is 20.5. The molecule has 1 amide bonds. The SMILES string of the molecule is [2H]C([2H])([2H])C([2H])([2H])C([2H])([2H])NC(C)C(=O)Nc1c(C)csc1C(=O)OC. The molecule has 0 saturated carbocycles. The number of esters is 1. The summed E-state index contributed by atoms with van der Waals surface area (Å²) < 4.78 is 56.6. The van der Waals surface area contributed by atoms with E-state index in [2.05, 4.69) is 15.4 Å². The minimum Gasteiger partial charge on any atom is -0.465 e. The first-order valence-corrected chi connectivity index (χ1v) is 6.28. The van der Waals surface area contributed by atoms with Gasteiger partial charge in [-0.15, -0.1) is 11.3 Å². The van der Waals surface area contributed by atoms with Crippen LogP contribution in [-0.2, 0) is 9.53 Å². The van der Waals surface area contributed by atoms with Crippen molar-refractivity contribution in [3.8, 4) is 0 Å². The summed E-state index contributed by atoms with van der Waals surface area (Å²) in [6.45, 7) is -3.34. The lowest BCUT2D eigenvalue weighted by Gasteiger charge is -2.14. The molecule has 1 heterocycles. The average molecular weight is 291 g/mol. The van der Waals surface area contributed by atoms with Crippen LogP contribution in [0.1, 0.15) is 45.0 Å². The van der Waals surface area contributed by atoms with Gasteiger partial charge in [-0.3, -0.25) is 4.79 Å². The molecule has 5 nitrogen and oxygen atoms in total. The number of hydrogen-bond donors (Lipinski definition) is 2. The van der Waals surface area contributed by atoms with Crippen LogP contribution in [0.3, 0.4) is 0 Å². The van der Waals surface area contributed by atoms with Gasteiger partial charge in [0.2, 0.25) is 5.91 Å². The standard InChI is InChI=1S/C13H20N2O3S/c1-5-6-14-9(3)12(16)15-10-8(2)7-19-11(10)13(17)18-4/h7,9,14H,5-6H2,1-4H3,(H,15,16)/i1D3,5D2,6D2. The van der Waals surface area contributed by atoms with E-state index in [1.165, 1.54) is 14.0 Å². The number of thiophene rings is 1. The van der Waals surface area contributed by atoms with Crippen LogP contribution in [-0.4, -0.2) is 31.5 Å². The Bertz CT molecular complexity index is 688. The number of carbonyl (C=O) groups is 2. The number of methoxy groups -OCH3 is 1. The van der Waals surface area contributed by atoms with Crippen LogP contribution in [0.2, 0.25) is 0 Å². The first kappa shape index (κ1) is 8.01. The first-order chi connectivity index (χ1) is 11.7. The third kappa shape index (κ3) is 4.04. The monoisotopic (exact) mass is 291 g/mol. The molecule has 0 radical (unpaired) electrons. The van der Waals surface area contributed by atoms with E-state index in [9.17, 15) is 9.59 Å². The highest BCUT2D eigenvalue weighted by Crippen LogP contribution is 2.28. The Hall–Kier alpha value is -1.40. The molecule has 1 aromatic rings. The molecule has 0 bridgehead atoms. The summed E-state index contributed by atoms with van der Waals surface area (Å²) in [5.74, 6) is -1.41. The predicted octanol–water partition coefficient (Wildman–Crippen LogP) is 2.17. The number of carbonyl (C=O) groups excluding carboxylic acids is 2. The molecule has 0 spiro atoms. The van der Waals surface area contributed by atoms with Crippen molar-refractivity contribution in [2.45, 2.75) is 33.1 Å². The summed E-state index contributed by atoms with van der Waals surface area (Å²) in [7, 11) is 1.19. The normalized spacial score (nSPS) is 19.6. The van der Waals surface area contributed by atoms with Crippen molar-refractivity contribution in [1.82, 2.24) is 5.32 Å². The highest BCUT2D eigenvalue weighted by molar-refractivity contribution is 7.12. The van der Waals surface area contributed by atoms with Crippen LogP contribution in [0.15, 0.2) is 5.38 Å². The van der Waals surface area contributed by atoms with Crippen LogP contribution in [0.25, 0.3) is 0 Å². The quantitative estimate of drug-likeness (QED) is 0.788. The molecule has 19 heavy (non-hydrogen) atoms. The maximum Gasteiger partial charge on any atom is 0.350 e. The Morgan fingerprint density at radius 2 is 2.37 bits per heavy atom. The van der Waals surface area contributed by atoms with E-state index in [0.717, 1.165) is 11.3 Å². The summed E-state index contributed by atoms with van der Waals surface area (Å²) >= 11 is 1.07. The lowest BCUT2D eigenvalue weighted by atomic mass is 10.2. The highest BCUT2D eigenvalue weighted by atomic mass is 32.1. The maximum atomic E-state index is 12.3.